The molecule has 160 valence electrons. The Hall–Kier alpha value is -3.55. The van der Waals surface area contributed by atoms with E-state index in [1.807, 2.05) is 13.8 Å². The van der Waals surface area contributed by atoms with Gasteiger partial charge in [-0.25, -0.2) is 5.43 Å². The van der Waals surface area contributed by atoms with E-state index in [9.17, 15) is 9.59 Å². The summed E-state index contributed by atoms with van der Waals surface area (Å²) in [5.41, 5.74) is 3.75. The van der Waals surface area contributed by atoms with Crippen molar-refractivity contribution >= 4 is 18.0 Å². The number of carbonyl (C=O) groups excluding carboxylic acids is 2. The summed E-state index contributed by atoms with van der Waals surface area (Å²) in [5, 5.41) is 6.37. The minimum atomic E-state index is -0.854. The van der Waals surface area contributed by atoms with E-state index in [1.54, 1.807) is 49.6 Å². The molecule has 0 unspecified atom stereocenters. The van der Waals surface area contributed by atoms with Gasteiger partial charge >= 0.3 is 11.8 Å². The van der Waals surface area contributed by atoms with Gasteiger partial charge in [0.15, 0.2) is 11.5 Å². The van der Waals surface area contributed by atoms with Gasteiger partial charge in [0.1, 0.15) is 5.75 Å². The summed E-state index contributed by atoms with van der Waals surface area (Å²) in [6, 6.07) is 12.5. The number of methoxy groups -OCH3 is 1. The summed E-state index contributed by atoms with van der Waals surface area (Å²) in [7, 11) is 1.58. The lowest BCUT2D eigenvalue weighted by Gasteiger charge is -2.11. The van der Waals surface area contributed by atoms with Crippen molar-refractivity contribution in [3.05, 3.63) is 53.6 Å². The quantitative estimate of drug-likeness (QED) is 0.354. The van der Waals surface area contributed by atoms with Crippen LogP contribution in [-0.2, 0) is 16.1 Å². The molecule has 0 aliphatic carbocycles. The molecule has 2 aromatic carbocycles. The van der Waals surface area contributed by atoms with Gasteiger partial charge in [-0.05, 0) is 54.8 Å². The Kier molecular flexibility index (Phi) is 9.18. The number of carbonyl (C=O) groups is 2. The van der Waals surface area contributed by atoms with E-state index >= 15 is 0 Å². The highest BCUT2D eigenvalue weighted by Crippen LogP contribution is 2.28. The summed E-state index contributed by atoms with van der Waals surface area (Å²) >= 11 is 0. The highest BCUT2D eigenvalue weighted by Gasteiger charge is 2.12. The van der Waals surface area contributed by atoms with E-state index in [0.717, 1.165) is 17.7 Å². The van der Waals surface area contributed by atoms with Crippen molar-refractivity contribution in [3.8, 4) is 17.2 Å². The van der Waals surface area contributed by atoms with Gasteiger partial charge in [-0.2, -0.15) is 5.10 Å². The first-order valence-corrected chi connectivity index (χ1v) is 9.71. The van der Waals surface area contributed by atoms with Gasteiger partial charge in [-0.3, -0.25) is 9.59 Å². The number of hydrazone groups is 1. The van der Waals surface area contributed by atoms with Crippen LogP contribution in [0, 0.1) is 0 Å². The summed E-state index contributed by atoms with van der Waals surface area (Å²) in [6.45, 7) is 5.21. The van der Waals surface area contributed by atoms with E-state index < -0.39 is 11.8 Å². The van der Waals surface area contributed by atoms with Crippen LogP contribution in [0.1, 0.15) is 31.4 Å². The van der Waals surface area contributed by atoms with Crippen LogP contribution in [-0.4, -0.2) is 38.4 Å². The molecule has 2 aromatic rings. The Morgan fingerprint density at radius 2 is 1.77 bits per heavy atom. The van der Waals surface area contributed by atoms with Gasteiger partial charge in [0, 0.05) is 6.54 Å². The zero-order valence-electron chi connectivity index (χ0n) is 17.4. The Balaban J connectivity index is 1.87. The summed E-state index contributed by atoms with van der Waals surface area (Å²) in [6.07, 6.45) is 2.32. The second-order valence-corrected chi connectivity index (χ2v) is 6.22. The van der Waals surface area contributed by atoms with Crippen molar-refractivity contribution in [1.29, 1.82) is 0 Å². The lowest BCUT2D eigenvalue weighted by Crippen LogP contribution is -2.37. The first-order chi connectivity index (χ1) is 14.6. The van der Waals surface area contributed by atoms with Crippen molar-refractivity contribution in [2.24, 2.45) is 5.10 Å². The number of hydrogen-bond acceptors (Lipinski definition) is 6. The third-order valence-electron chi connectivity index (χ3n) is 3.93. The minimum absolute atomic E-state index is 0.219. The van der Waals surface area contributed by atoms with Gasteiger partial charge in [-0.1, -0.05) is 19.1 Å². The molecule has 0 aliphatic rings. The summed E-state index contributed by atoms with van der Waals surface area (Å²) < 4.78 is 16.3. The third-order valence-corrected chi connectivity index (χ3v) is 3.93. The largest absolute Gasteiger partial charge is 0.497 e. The molecule has 0 heterocycles. The number of nitrogens with zero attached hydrogens (tertiary/aromatic N) is 1. The Labute approximate surface area is 176 Å². The number of benzene rings is 2. The normalized spacial score (nSPS) is 10.5. The molecule has 0 aliphatic heterocycles. The molecule has 0 spiro atoms. The molecule has 0 aromatic heterocycles. The molecule has 0 fully saturated rings. The monoisotopic (exact) mass is 413 g/mol. The number of amides is 2. The molecule has 2 N–H and O–H groups in total. The van der Waals surface area contributed by atoms with Gasteiger partial charge in [0.2, 0.25) is 0 Å². The minimum Gasteiger partial charge on any atom is -0.497 e. The molecule has 0 saturated carbocycles. The van der Waals surface area contributed by atoms with Crippen LogP contribution in [0.3, 0.4) is 0 Å². The molecule has 0 atom stereocenters. The van der Waals surface area contributed by atoms with E-state index in [-0.39, 0.29) is 6.54 Å². The molecule has 8 nitrogen and oxygen atoms in total. The average Bonchev–Trinajstić information content (AvgIpc) is 2.77. The molecule has 0 saturated heterocycles. The first-order valence-electron chi connectivity index (χ1n) is 9.71. The van der Waals surface area contributed by atoms with Crippen molar-refractivity contribution in [2.45, 2.75) is 26.8 Å². The molecule has 2 rings (SSSR count). The van der Waals surface area contributed by atoms with Crippen LogP contribution in [0.25, 0.3) is 0 Å². The van der Waals surface area contributed by atoms with E-state index in [2.05, 4.69) is 15.8 Å². The Morgan fingerprint density at radius 1 is 1.00 bits per heavy atom. The fourth-order valence-corrected chi connectivity index (χ4v) is 2.43. The lowest BCUT2D eigenvalue weighted by atomic mass is 10.2. The maximum atomic E-state index is 11.9. The van der Waals surface area contributed by atoms with Crippen LogP contribution in [0.5, 0.6) is 17.2 Å². The fourth-order valence-electron chi connectivity index (χ4n) is 2.43. The van der Waals surface area contributed by atoms with Gasteiger partial charge < -0.3 is 19.5 Å². The molecule has 2 amide bonds. The Morgan fingerprint density at radius 3 is 2.43 bits per heavy atom. The van der Waals surface area contributed by atoms with Crippen molar-refractivity contribution in [2.75, 3.05) is 20.3 Å². The van der Waals surface area contributed by atoms with Crippen molar-refractivity contribution in [3.63, 3.8) is 0 Å². The van der Waals surface area contributed by atoms with Crippen LogP contribution in [0.15, 0.2) is 47.6 Å². The van der Waals surface area contributed by atoms with Gasteiger partial charge in [0.25, 0.3) is 0 Å². The van der Waals surface area contributed by atoms with Crippen molar-refractivity contribution < 1.29 is 23.8 Å². The average molecular weight is 413 g/mol. The van der Waals surface area contributed by atoms with Gasteiger partial charge in [-0.15, -0.1) is 0 Å². The predicted molar refractivity (Wildman–Crippen MR) is 114 cm³/mol. The van der Waals surface area contributed by atoms with Crippen molar-refractivity contribution in [1.82, 2.24) is 10.7 Å². The summed E-state index contributed by atoms with van der Waals surface area (Å²) in [4.78, 5) is 23.8. The standard InChI is InChI=1S/C22H27N3O5/c1-4-12-30-19-11-8-17(13-20(19)29-5-2)15-24-25-22(27)21(26)23-14-16-6-9-18(28-3)10-7-16/h6-11,13,15H,4-5,12,14H2,1-3H3,(H,23,26)(H,25,27)/b24-15+. The number of rotatable bonds is 10. The van der Waals surface area contributed by atoms with Crippen LogP contribution in [0.2, 0.25) is 0 Å². The SMILES string of the molecule is CCCOc1ccc(/C=N/NC(=O)C(=O)NCc2ccc(OC)cc2)cc1OCC. The molecule has 0 bridgehead atoms. The molecular formula is C22H27N3O5. The van der Waals surface area contributed by atoms with E-state index in [1.165, 1.54) is 6.21 Å². The van der Waals surface area contributed by atoms with Crippen LogP contribution >= 0.6 is 0 Å². The highest BCUT2D eigenvalue weighted by molar-refractivity contribution is 6.35. The van der Waals surface area contributed by atoms with Crippen LogP contribution in [0.4, 0.5) is 0 Å². The van der Waals surface area contributed by atoms with Gasteiger partial charge in [0.05, 0.1) is 26.5 Å². The van der Waals surface area contributed by atoms with E-state index in [0.29, 0.717) is 30.3 Å². The number of nitrogens with one attached hydrogen (secondary N) is 2. The molecule has 0 radical (unpaired) electrons. The topological polar surface area (TPSA) is 98.2 Å². The summed E-state index contributed by atoms with van der Waals surface area (Å²) in [5.74, 6) is 0.333. The zero-order chi connectivity index (χ0) is 21.8. The second-order valence-electron chi connectivity index (χ2n) is 6.22. The highest BCUT2D eigenvalue weighted by atomic mass is 16.5. The second kappa shape index (κ2) is 12.1. The zero-order valence-corrected chi connectivity index (χ0v) is 17.4. The Bertz CT molecular complexity index is 866. The number of hydrogen-bond donors (Lipinski definition) is 2. The number of ether oxygens (including phenoxy) is 3. The maximum absolute atomic E-state index is 11.9. The third kappa shape index (κ3) is 7.12. The fraction of sp³-hybridized carbons (Fsp3) is 0.318. The van der Waals surface area contributed by atoms with Crippen LogP contribution < -0.4 is 25.0 Å². The lowest BCUT2D eigenvalue weighted by molar-refractivity contribution is -0.139. The first kappa shape index (κ1) is 22.7. The van der Waals surface area contributed by atoms with E-state index in [4.69, 9.17) is 14.2 Å². The molecule has 30 heavy (non-hydrogen) atoms. The predicted octanol–water partition coefficient (Wildman–Crippen LogP) is 2.65. The molecular weight excluding hydrogens is 386 g/mol. The molecule has 8 heteroatoms. The smallest absolute Gasteiger partial charge is 0.329 e. The maximum Gasteiger partial charge on any atom is 0.329 e.